The number of hydrogen-bond donors (Lipinski definition) is 3. The highest BCUT2D eigenvalue weighted by atomic mass is 35.5. The summed E-state index contributed by atoms with van der Waals surface area (Å²) in [7, 11) is 0. The van der Waals surface area contributed by atoms with E-state index in [-0.39, 0.29) is 12.1 Å². The highest BCUT2D eigenvalue weighted by Crippen LogP contribution is 2.28. The van der Waals surface area contributed by atoms with Gasteiger partial charge in [0.2, 0.25) is 0 Å². The molecule has 0 spiro atoms. The maximum absolute atomic E-state index is 6.01. The van der Waals surface area contributed by atoms with Crippen LogP contribution in [0.2, 0.25) is 5.02 Å². The van der Waals surface area contributed by atoms with Gasteiger partial charge in [0.25, 0.3) is 0 Å². The summed E-state index contributed by atoms with van der Waals surface area (Å²) in [5.41, 5.74) is 13.5. The number of nitrogens with one attached hydrogen (secondary N) is 2. The third kappa shape index (κ3) is 2.16. The minimum absolute atomic E-state index is 0.0478. The third-order valence-electron chi connectivity index (χ3n) is 2.93. The van der Waals surface area contributed by atoms with Gasteiger partial charge in [-0.15, -0.1) is 0 Å². The summed E-state index contributed by atoms with van der Waals surface area (Å²) >= 11 is 5.98. The van der Waals surface area contributed by atoms with Gasteiger partial charge in [-0.25, -0.2) is 5.43 Å². The van der Waals surface area contributed by atoms with Crippen LogP contribution in [0.4, 0.5) is 0 Å². The Labute approximate surface area is 95.0 Å². The molecule has 2 rings (SSSR count). The molecule has 1 aromatic rings. The van der Waals surface area contributed by atoms with Crippen LogP contribution in [-0.2, 0) is 0 Å². The lowest BCUT2D eigenvalue weighted by atomic mass is 9.89. The fraction of sp³-hybridized carbons (Fsp3) is 0.455. The number of nitrogens with two attached hydrogens (primary N) is 1. The molecule has 15 heavy (non-hydrogen) atoms. The summed E-state index contributed by atoms with van der Waals surface area (Å²) in [6.07, 6.45) is 0.992. The van der Waals surface area contributed by atoms with E-state index in [1.54, 1.807) is 0 Å². The first-order valence-corrected chi connectivity index (χ1v) is 5.62. The van der Waals surface area contributed by atoms with Crippen LogP contribution < -0.4 is 16.6 Å². The molecule has 3 nitrogen and oxygen atoms in total. The zero-order valence-electron chi connectivity index (χ0n) is 8.70. The Bertz CT molecular complexity index is 342. The van der Waals surface area contributed by atoms with Gasteiger partial charge < -0.3 is 5.73 Å². The van der Waals surface area contributed by atoms with Gasteiger partial charge in [0.05, 0.1) is 6.17 Å². The Kier molecular flexibility index (Phi) is 3.26. The predicted octanol–water partition coefficient (Wildman–Crippen LogP) is 1.59. The fourth-order valence-electron chi connectivity index (χ4n) is 2.14. The molecule has 4 heteroatoms. The molecule has 1 heterocycles. The van der Waals surface area contributed by atoms with Gasteiger partial charge in [-0.3, -0.25) is 5.43 Å². The van der Waals surface area contributed by atoms with Crippen LogP contribution in [0.1, 0.15) is 24.8 Å². The smallest absolute Gasteiger partial charge is 0.0764 e. The molecule has 0 saturated carbocycles. The summed E-state index contributed by atoms with van der Waals surface area (Å²) in [6, 6.07) is 8.29. The van der Waals surface area contributed by atoms with E-state index in [0.717, 1.165) is 11.4 Å². The van der Waals surface area contributed by atoms with Gasteiger partial charge in [0.1, 0.15) is 0 Å². The Balaban J connectivity index is 2.28. The second-order valence-electron chi connectivity index (χ2n) is 3.91. The zero-order valence-corrected chi connectivity index (χ0v) is 9.46. The van der Waals surface area contributed by atoms with E-state index in [4.69, 9.17) is 17.3 Å². The van der Waals surface area contributed by atoms with Gasteiger partial charge in [-0.2, -0.15) is 0 Å². The van der Waals surface area contributed by atoms with Crippen molar-refractivity contribution in [2.75, 3.05) is 0 Å². The molecule has 3 unspecified atom stereocenters. The van der Waals surface area contributed by atoms with Crippen molar-refractivity contribution in [1.82, 2.24) is 10.9 Å². The van der Waals surface area contributed by atoms with E-state index >= 15 is 0 Å². The lowest BCUT2D eigenvalue weighted by Gasteiger charge is -2.20. The molecule has 0 aliphatic carbocycles. The molecule has 4 N–H and O–H groups in total. The Morgan fingerprint density at radius 2 is 2.20 bits per heavy atom. The second-order valence-corrected chi connectivity index (χ2v) is 4.35. The van der Waals surface area contributed by atoms with Crippen LogP contribution in [0.15, 0.2) is 24.3 Å². The molecule has 0 aromatic heterocycles. The van der Waals surface area contributed by atoms with E-state index in [1.807, 2.05) is 18.2 Å². The average molecular weight is 226 g/mol. The SMILES string of the molecule is CCC1NNC(N)C1c1cccc(Cl)c1. The summed E-state index contributed by atoms with van der Waals surface area (Å²) in [6.45, 7) is 2.15. The predicted molar refractivity (Wildman–Crippen MR) is 62.5 cm³/mol. The lowest BCUT2D eigenvalue weighted by Crippen LogP contribution is -2.38. The average Bonchev–Trinajstić information content (AvgIpc) is 2.59. The molecule has 0 bridgehead atoms. The van der Waals surface area contributed by atoms with Crippen molar-refractivity contribution in [1.29, 1.82) is 0 Å². The van der Waals surface area contributed by atoms with Crippen LogP contribution in [0.3, 0.4) is 0 Å². The minimum atomic E-state index is -0.0478. The lowest BCUT2D eigenvalue weighted by molar-refractivity contribution is 0.511. The largest absolute Gasteiger partial charge is 0.314 e. The number of halogens is 1. The molecular weight excluding hydrogens is 210 g/mol. The molecule has 1 saturated heterocycles. The first-order valence-electron chi connectivity index (χ1n) is 5.24. The molecule has 1 aliphatic rings. The number of benzene rings is 1. The number of rotatable bonds is 2. The molecule has 0 radical (unpaired) electrons. The van der Waals surface area contributed by atoms with Crippen LogP contribution in [-0.4, -0.2) is 12.2 Å². The normalized spacial score (nSPS) is 30.7. The minimum Gasteiger partial charge on any atom is -0.314 e. The van der Waals surface area contributed by atoms with E-state index in [9.17, 15) is 0 Å². The van der Waals surface area contributed by atoms with Crippen molar-refractivity contribution < 1.29 is 0 Å². The summed E-state index contributed by atoms with van der Waals surface area (Å²) in [5, 5.41) is 0.765. The molecule has 82 valence electrons. The van der Waals surface area contributed by atoms with Crippen LogP contribution >= 0.6 is 11.6 Å². The first-order chi connectivity index (χ1) is 7.22. The van der Waals surface area contributed by atoms with Crippen molar-refractivity contribution in [2.24, 2.45) is 5.73 Å². The molecule has 3 atom stereocenters. The Morgan fingerprint density at radius 3 is 2.87 bits per heavy atom. The summed E-state index contributed by atoms with van der Waals surface area (Å²) < 4.78 is 0. The quantitative estimate of drug-likeness (QED) is 0.717. The topological polar surface area (TPSA) is 50.1 Å². The number of hydrazine groups is 1. The van der Waals surface area contributed by atoms with Crippen LogP contribution in [0.25, 0.3) is 0 Å². The van der Waals surface area contributed by atoms with E-state index in [2.05, 4.69) is 23.8 Å². The Hall–Kier alpha value is -0.610. The first kappa shape index (κ1) is 10.9. The molecule has 1 aromatic carbocycles. The monoisotopic (exact) mass is 225 g/mol. The van der Waals surface area contributed by atoms with E-state index in [1.165, 1.54) is 5.56 Å². The van der Waals surface area contributed by atoms with Crippen molar-refractivity contribution in [3.05, 3.63) is 34.9 Å². The summed E-state index contributed by atoms with van der Waals surface area (Å²) in [5.74, 6) is 0.286. The second kappa shape index (κ2) is 4.49. The highest BCUT2D eigenvalue weighted by molar-refractivity contribution is 6.30. The van der Waals surface area contributed by atoms with Crippen molar-refractivity contribution in [3.63, 3.8) is 0 Å². The maximum Gasteiger partial charge on any atom is 0.0764 e. The maximum atomic E-state index is 6.01. The molecule has 1 aliphatic heterocycles. The van der Waals surface area contributed by atoms with Gasteiger partial charge >= 0.3 is 0 Å². The van der Waals surface area contributed by atoms with Gasteiger partial charge in [-0.05, 0) is 24.1 Å². The van der Waals surface area contributed by atoms with E-state index < -0.39 is 0 Å². The van der Waals surface area contributed by atoms with Crippen LogP contribution in [0.5, 0.6) is 0 Å². The standard InChI is InChI=1S/C11H16ClN3/c1-2-9-10(11(13)15-14-9)7-4-3-5-8(12)6-7/h3-6,9-11,14-15H,2,13H2,1H3. The Morgan fingerprint density at radius 1 is 1.40 bits per heavy atom. The van der Waals surface area contributed by atoms with Gasteiger partial charge in [-0.1, -0.05) is 30.7 Å². The molecule has 1 fully saturated rings. The summed E-state index contributed by atoms with van der Waals surface area (Å²) in [4.78, 5) is 0. The van der Waals surface area contributed by atoms with Gasteiger partial charge in [0, 0.05) is 17.0 Å². The van der Waals surface area contributed by atoms with E-state index in [0.29, 0.717) is 6.04 Å². The van der Waals surface area contributed by atoms with Crippen molar-refractivity contribution in [2.45, 2.75) is 31.5 Å². The fourth-order valence-corrected chi connectivity index (χ4v) is 2.34. The van der Waals surface area contributed by atoms with Crippen LogP contribution in [0, 0.1) is 0 Å². The highest BCUT2D eigenvalue weighted by Gasteiger charge is 2.33. The third-order valence-corrected chi connectivity index (χ3v) is 3.16. The van der Waals surface area contributed by atoms with Crippen molar-refractivity contribution in [3.8, 4) is 0 Å². The van der Waals surface area contributed by atoms with Crippen molar-refractivity contribution >= 4 is 11.6 Å². The molecule has 0 amide bonds. The zero-order chi connectivity index (χ0) is 10.8. The number of hydrogen-bond acceptors (Lipinski definition) is 3. The van der Waals surface area contributed by atoms with Gasteiger partial charge in [0.15, 0.2) is 0 Å². The molecular formula is C11H16ClN3.